The monoisotopic (exact) mass is 288 g/mol. The summed E-state index contributed by atoms with van der Waals surface area (Å²) in [5.74, 6) is 0.167. The van der Waals surface area contributed by atoms with Crippen LogP contribution >= 0.6 is 23.7 Å². The number of hydrogen-bond donors (Lipinski definition) is 1. The van der Waals surface area contributed by atoms with E-state index in [0.29, 0.717) is 12.8 Å². The van der Waals surface area contributed by atoms with Gasteiger partial charge in [-0.1, -0.05) is 6.07 Å². The molecule has 1 aromatic rings. The number of amides is 1. The maximum absolute atomic E-state index is 11.8. The second kappa shape index (κ2) is 7.51. The van der Waals surface area contributed by atoms with Crippen LogP contribution in [0.5, 0.6) is 0 Å². The number of Topliss-reactive ketones (excluding diaryl/α,β-unsaturated/α-hetero) is 1. The van der Waals surface area contributed by atoms with Gasteiger partial charge < -0.3 is 10.2 Å². The molecule has 2 heterocycles. The molecule has 2 rings (SSSR count). The van der Waals surface area contributed by atoms with Gasteiger partial charge in [0.15, 0.2) is 5.78 Å². The molecule has 0 bridgehead atoms. The van der Waals surface area contributed by atoms with Gasteiger partial charge in [-0.15, -0.1) is 23.7 Å². The van der Waals surface area contributed by atoms with Gasteiger partial charge >= 0.3 is 0 Å². The minimum atomic E-state index is 0. The predicted octanol–water partition coefficient (Wildman–Crippen LogP) is 1.56. The lowest BCUT2D eigenvalue weighted by molar-refractivity contribution is -0.131. The Balaban J connectivity index is 0.00000162. The summed E-state index contributed by atoms with van der Waals surface area (Å²) in [6.07, 6.45) is 0.653. The molecule has 0 unspecified atom stereocenters. The van der Waals surface area contributed by atoms with E-state index in [1.165, 1.54) is 11.3 Å². The largest absolute Gasteiger partial charge is 0.340 e. The van der Waals surface area contributed by atoms with Gasteiger partial charge in [0.2, 0.25) is 5.91 Å². The number of rotatable bonds is 4. The van der Waals surface area contributed by atoms with Gasteiger partial charge in [-0.25, -0.2) is 0 Å². The molecule has 4 nitrogen and oxygen atoms in total. The van der Waals surface area contributed by atoms with Gasteiger partial charge in [0, 0.05) is 39.0 Å². The first kappa shape index (κ1) is 15.1. The number of thiophene rings is 1. The summed E-state index contributed by atoms with van der Waals surface area (Å²) in [7, 11) is 0. The molecule has 0 atom stereocenters. The number of carbonyl (C=O) groups excluding carboxylic acids is 2. The Morgan fingerprint density at radius 3 is 2.61 bits per heavy atom. The van der Waals surface area contributed by atoms with Crippen molar-refractivity contribution in [2.75, 3.05) is 26.2 Å². The normalized spacial score (nSPS) is 15.0. The molecule has 100 valence electrons. The molecule has 1 aliphatic rings. The van der Waals surface area contributed by atoms with Crippen LogP contribution in [-0.4, -0.2) is 42.8 Å². The standard InChI is InChI=1S/C12H16N2O2S.ClH/c15-10(11-2-1-9-17-11)3-4-12(16)14-7-5-13-6-8-14;/h1-2,9,13H,3-8H2;1H. The number of nitrogens with one attached hydrogen (secondary N) is 1. The Kier molecular flexibility index (Phi) is 6.32. The van der Waals surface area contributed by atoms with Crippen molar-refractivity contribution in [3.05, 3.63) is 22.4 Å². The zero-order valence-corrected chi connectivity index (χ0v) is 11.7. The summed E-state index contributed by atoms with van der Waals surface area (Å²) in [6.45, 7) is 3.22. The highest BCUT2D eigenvalue weighted by atomic mass is 35.5. The fourth-order valence-corrected chi connectivity index (χ4v) is 2.55. The first-order valence-electron chi connectivity index (χ1n) is 5.82. The highest BCUT2D eigenvalue weighted by Crippen LogP contribution is 2.13. The van der Waals surface area contributed by atoms with Crippen molar-refractivity contribution in [3.8, 4) is 0 Å². The lowest BCUT2D eigenvalue weighted by atomic mass is 10.1. The third-order valence-corrected chi connectivity index (χ3v) is 3.74. The van der Waals surface area contributed by atoms with Crippen molar-refractivity contribution in [1.29, 1.82) is 0 Å². The number of carbonyl (C=O) groups is 2. The third kappa shape index (κ3) is 4.08. The lowest BCUT2D eigenvalue weighted by Gasteiger charge is -2.27. The van der Waals surface area contributed by atoms with Gasteiger partial charge in [0.1, 0.15) is 0 Å². The molecule has 1 aromatic heterocycles. The van der Waals surface area contributed by atoms with Crippen LogP contribution < -0.4 is 5.32 Å². The molecule has 1 saturated heterocycles. The molecule has 1 aliphatic heterocycles. The van der Waals surface area contributed by atoms with E-state index in [2.05, 4.69) is 5.32 Å². The highest BCUT2D eigenvalue weighted by Gasteiger charge is 2.17. The fourth-order valence-electron chi connectivity index (χ4n) is 1.85. The lowest BCUT2D eigenvalue weighted by Crippen LogP contribution is -2.46. The predicted molar refractivity (Wildman–Crippen MR) is 74.6 cm³/mol. The molecule has 6 heteroatoms. The number of piperazine rings is 1. The molecule has 0 radical (unpaired) electrons. The van der Waals surface area contributed by atoms with Crippen LogP contribution in [0.3, 0.4) is 0 Å². The molecule has 18 heavy (non-hydrogen) atoms. The molecule has 1 fully saturated rings. The molecule has 1 amide bonds. The van der Waals surface area contributed by atoms with Crippen LogP contribution in [0.1, 0.15) is 22.5 Å². The SMILES string of the molecule is Cl.O=C(CCC(=O)N1CCNCC1)c1cccs1. The van der Waals surface area contributed by atoms with E-state index in [9.17, 15) is 9.59 Å². The summed E-state index contributed by atoms with van der Waals surface area (Å²) < 4.78 is 0. The second-order valence-electron chi connectivity index (χ2n) is 4.03. The van der Waals surface area contributed by atoms with Crippen molar-refractivity contribution in [2.24, 2.45) is 0 Å². The van der Waals surface area contributed by atoms with E-state index in [-0.39, 0.29) is 24.1 Å². The summed E-state index contributed by atoms with van der Waals surface area (Å²) in [5, 5.41) is 5.08. The van der Waals surface area contributed by atoms with Crippen LogP contribution in [0.15, 0.2) is 17.5 Å². The first-order valence-corrected chi connectivity index (χ1v) is 6.70. The number of hydrogen-bond acceptors (Lipinski definition) is 4. The van der Waals surface area contributed by atoms with E-state index in [0.717, 1.165) is 31.1 Å². The zero-order valence-electron chi connectivity index (χ0n) is 10.1. The number of ketones is 1. The summed E-state index contributed by atoms with van der Waals surface area (Å²) in [4.78, 5) is 26.1. The van der Waals surface area contributed by atoms with Crippen molar-refractivity contribution in [2.45, 2.75) is 12.8 Å². The summed E-state index contributed by atoms with van der Waals surface area (Å²) in [6, 6.07) is 3.66. The number of halogens is 1. The van der Waals surface area contributed by atoms with Crippen molar-refractivity contribution >= 4 is 35.4 Å². The van der Waals surface area contributed by atoms with Gasteiger partial charge in [0.25, 0.3) is 0 Å². The van der Waals surface area contributed by atoms with E-state index in [4.69, 9.17) is 0 Å². The van der Waals surface area contributed by atoms with Crippen molar-refractivity contribution in [3.63, 3.8) is 0 Å². The van der Waals surface area contributed by atoms with Gasteiger partial charge in [0.05, 0.1) is 4.88 Å². The minimum absolute atomic E-state index is 0. The maximum atomic E-state index is 11.8. The van der Waals surface area contributed by atoms with Crippen LogP contribution in [0, 0.1) is 0 Å². The molecule has 0 saturated carbocycles. The molecular formula is C12H17ClN2O2S. The Hall–Kier alpha value is -0.910. The minimum Gasteiger partial charge on any atom is -0.340 e. The fraction of sp³-hybridized carbons (Fsp3) is 0.500. The zero-order chi connectivity index (χ0) is 12.1. The topological polar surface area (TPSA) is 49.4 Å². The molecule has 1 N–H and O–H groups in total. The third-order valence-electron chi connectivity index (χ3n) is 2.83. The smallest absolute Gasteiger partial charge is 0.223 e. The molecule has 0 spiro atoms. The van der Waals surface area contributed by atoms with Gasteiger partial charge in [-0.2, -0.15) is 0 Å². The summed E-state index contributed by atoms with van der Waals surface area (Å²) >= 11 is 1.43. The molecular weight excluding hydrogens is 272 g/mol. The average molecular weight is 289 g/mol. The van der Waals surface area contributed by atoms with Crippen LogP contribution in [-0.2, 0) is 4.79 Å². The average Bonchev–Trinajstić information content (AvgIpc) is 2.90. The highest BCUT2D eigenvalue weighted by molar-refractivity contribution is 7.12. The van der Waals surface area contributed by atoms with Crippen LogP contribution in [0.4, 0.5) is 0 Å². The Bertz CT molecular complexity index is 389. The number of nitrogens with zero attached hydrogens (tertiary/aromatic N) is 1. The summed E-state index contributed by atoms with van der Waals surface area (Å²) in [5.41, 5.74) is 0. The Labute approximate surface area is 117 Å². The first-order chi connectivity index (χ1) is 8.27. The van der Waals surface area contributed by atoms with E-state index in [1.54, 1.807) is 0 Å². The quantitative estimate of drug-likeness (QED) is 0.856. The molecule has 0 aromatic carbocycles. The van der Waals surface area contributed by atoms with Crippen LogP contribution in [0.25, 0.3) is 0 Å². The Morgan fingerprint density at radius 1 is 1.28 bits per heavy atom. The van der Waals surface area contributed by atoms with Crippen molar-refractivity contribution < 1.29 is 9.59 Å². The maximum Gasteiger partial charge on any atom is 0.223 e. The Morgan fingerprint density at radius 2 is 2.00 bits per heavy atom. The second-order valence-corrected chi connectivity index (χ2v) is 4.98. The van der Waals surface area contributed by atoms with Gasteiger partial charge in [-0.05, 0) is 11.4 Å². The van der Waals surface area contributed by atoms with Crippen molar-refractivity contribution in [1.82, 2.24) is 10.2 Å². The molecule has 0 aliphatic carbocycles. The van der Waals surface area contributed by atoms with Crippen LogP contribution in [0.2, 0.25) is 0 Å². The van der Waals surface area contributed by atoms with E-state index < -0.39 is 0 Å². The van der Waals surface area contributed by atoms with E-state index in [1.807, 2.05) is 22.4 Å². The van der Waals surface area contributed by atoms with E-state index >= 15 is 0 Å². The van der Waals surface area contributed by atoms with Gasteiger partial charge in [-0.3, -0.25) is 9.59 Å².